The average Bonchev–Trinajstić information content (AvgIpc) is 3.18. The van der Waals surface area contributed by atoms with E-state index in [-0.39, 0.29) is 6.10 Å². The molecule has 1 saturated heterocycles. The lowest BCUT2D eigenvalue weighted by atomic mass is 9.86. The summed E-state index contributed by atoms with van der Waals surface area (Å²) >= 11 is 1.51. The van der Waals surface area contributed by atoms with E-state index in [2.05, 4.69) is 4.98 Å². The first-order valence-corrected chi connectivity index (χ1v) is 9.03. The minimum absolute atomic E-state index is 0.120. The molecular weight excluding hydrogens is 284 g/mol. The minimum atomic E-state index is 0.120. The number of hydrogen-bond donors (Lipinski definition) is 0. The molecular formula is C16H24N2O2S. The fourth-order valence-electron chi connectivity index (χ4n) is 3.42. The molecule has 0 aromatic carbocycles. The molecule has 0 bridgehead atoms. The third-order valence-corrected chi connectivity index (χ3v) is 5.33. The zero-order chi connectivity index (χ0) is 14.5. The zero-order valence-electron chi connectivity index (χ0n) is 12.5. The van der Waals surface area contributed by atoms with Gasteiger partial charge in [0.2, 0.25) is 5.91 Å². The van der Waals surface area contributed by atoms with Crippen molar-refractivity contribution in [3.05, 3.63) is 11.6 Å². The highest BCUT2D eigenvalue weighted by molar-refractivity contribution is 7.11. The topological polar surface area (TPSA) is 42.4 Å². The van der Waals surface area contributed by atoms with Crippen molar-refractivity contribution in [1.29, 1.82) is 0 Å². The molecule has 2 fully saturated rings. The van der Waals surface area contributed by atoms with Gasteiger partial charge in [0.1, 0.15) is 6.10 Å². The standard InChI is InChI=1S/C16H24N2O2S/c19-15(7-6-13-4-2-1-3-5-13)18-10-8-14(12-18)20-16-17-9-11-21-16/h9,11,13-14H,1-8,10,12H2. The van der Waals surface area contributed by atoms with Crippen LogP contribution < -0.4 is 4.74 Å². The maximum Gasteiger partial charge on any atom is 0.273 e. The van der Waals surface area contributed by atoms with Gasteiger partial charge in [0, 0.05) is 31.0 Å². The maximum absolute atomic E-state index is 12.3. The van der Waals surface area contributed by atoms with Crippen LogP contribution in [0.4, 0.5) is 0 Å². The maximum atomic E-state index is 12.3. The van der Waals surface area contributed by atoms with Gasteiger partial charge in [-0.15, -0.1) is 0 Å². The second-order valence-electron chi connectivity index (χ2n) is 6.21. The van der Waals surface area contributed by atoms with Crippen molar-refractivity contribution in [3.63, 3.8) is 0 Å². The third kappa shape index (κ3) is 4.19. The molecule has 0 spiro atoms. The first kappa shape index (κ1) is 14.8. The lowest BCUT2D eigenvalue weighted by molar-refractivity contribution is -0.130. The number of amides is 1. The number of carbonyl (C=O) groups is 1. The van der Waals surface area contributed by atoms with E-state index in [0.29, 0.717) is 12.3 Å². The second kappa shape index (κ2) is 7.25. The molecule has 1 amide bonds. The Hall–Kier alpha value is -1.10. The van der Waals surface area contributed by atoms with E-state index in [4.69, 9.17) is 4.74 Å². The van der Waals surface area contributed by atoms with Gasteiger partial charge in [-0.2, -0.15) is 0 Å². The van der Waals surface area contributed by atoms with Crippen LogP contribution in [0.1, 0.15) is 51.4 Å². The van der Waals surface area contributed by atoms with Crippen LogP contribution >= 0.6 is 11.3 Å². The molecule has 2 aliphatic rings. The van der Waals surface area contributed by atoms with Crippen molar-refractivity contribution < 1.29 is 9.53 Å². The summed E-state index contributed by atoms with van der Waals surface area (Å²) in [5.41, 5.74) is 0. The summed E-state index contributed by atoms with van der Waals surface area (Å²) < 4.78 is 5.80. The molecule has 2 heterocycles. The van der Waals surface area contributed by atoms with Gasteiger partial charge in [-0.3, -0.25) is 4.79 Å². The van der Waals surface area contributed by atoms with E-state index in [0.717, 1.165) is 37.0 Å². The van der Waals surface area contributed by atoms with Gasteiger partial charge in [0.15, 0.2) is 0 Å². The predicted octanol–water partition coefficient (Wildman–Crippen LogP) is 3.48. The molecule has 1 aliphatic heterocycles. The first-order valence-electron chi connectivity index (χ1n) is 8.15. The second-order valence-corrected chi connectivity index (χ2v) is 7.07. The van der Waals surface area contributed by atoms with Crippen molar-refractivity contribution >= 4 is 17.2 Å². The summed E-state index contributed by atoms with van der Waals surface area (Å²) in [5, 5.41) is 2.63. The van der Waals surface area contributed by atoms with Crippen LogP contribution in [0.15, 0.2) is 11.6 Å². The molecule has 1 aromatic rings. The van der Waals surface area contributed by atoms with Crippen LogP contribution in [0.3, 0.4) is 0 Å². The van der Waals surface area contributed by atoms with E-state index < -0.39 is 0 Å². The van der Waals surface area contributed by atoms with Gasteiger partial charge in [-0.05, 0) is 12.3 Å². The van der Waals surface area contributed by atoms with Crippen LogP contribution in [0.25, 0.3) is 0 Å². The van der Waals surface area contributed by atoms with Crippen molar-refractivity contribution in [2.75, 3.05) is 13.1 Å². The summed E-state index contributed by atoms with van der Waals surface area (Å²) in [4.78, 5) is 18.4. The Labute approximate surface area is 130 Å². The quantitative estimate of drug-likeness (QED) is 0.836. The molecule has 5 heteroatoms. The molecule has 0 N–H and O–H groups in total. The van der Waals surface area contributed by atoms with Crippen LogP contribution in [0.2, 0.25) is 0 Å². The molecule has 0 radical (unpaired) electrons. The number of thiazole rings is 1. The number of hydrogen-bond acceptors (Lipinski definition) is 4. The molecule has 1 aromatic heterocycles. The Kier molecular flexibility index (Phi) is 5.12. The fraction of sp³-hybridized carbons (Fsp3) is 0.750. The molecule has 1 saturated carbocycles. The summed E-state index contributed by atoms with van der Waals surface area (Å²) in [5.74, 6) is 1.10. The molecule has 1 atom stereocenters. The molecule has 1 unspecified atom stereocenters. The number of likely N-dealkylation sites (tertiary alicyclic amines) is 1. The lowest BCUT2D eigenvalue weighted by Gasteiger charge is -2.22. The third-order valence-electron chi connectivity index (χ3n) is 4.67. The Morgan fingerprint density at radius 3 is 2.95 bits per heavy atom. The number of aromatic nitrogens is 1. The number of nitrogens with zero attached hydrogens (tertiary/aromatic N) is 2. The number of rotatable bonds is 5. The smallest absolute Gasteiger partial charge is 0.273 e. The molecule has 21 heavy (non-hydrogen) atoms. The van der Waals surface area contributed by atoms with Crippen LogP contribution in [0, 0.1) is 5.92 Å². The summed E-state index contributed by atoms with van der Waals surface area (Å²) in [6, 6.07) is 0. The summed E-state index contributed by atoms with van der Waals surface area (Å²) in [6.07, 6.45) is 11.3. The van der Waals surface area contributed by atoms with E-state index >= 15 is 0 Å². The largest absolute Gasteiger partial charge is 0.465 e. The van der Waals surface area contributed by atoms with Gasteiger partial charge >= 0.3 is 0 Å². The minimum Gasteiger partial charge on any atom is -0.465 e. The van der Waals surface area contributed by atoms with Gasteiger partial charge < -0.3 is 9.64 Å². The Balaban J connectivity index is 1.39. The molecule has 1 aliphatic carbocycles. The first-order chi connectivity index (χ1) is 10.3. The Morgan fingerprint density at radius 1 is 1.33 bits per heavy atom. The van der Waals surface area contributed by atoms with Crippen molar-refractivity contribution in [2.24, 2.45) is 5.92 Å². The Morgan fingerprint density at radius 2 is 2.19 bits per heavy atom. The van der Waals surface area contributed by atoms with Crippen molar-refractivity contribution in [2.45, 2.75) is 57.5 Å². The van der Waals surface area contributed by atoms with E-state index in [1.54, 1.807) is 6.20 Å². The summed E-state index contributed by atoms with van der Waals surface area (Å²) in [6.45, 7) is 1.56. The zero-order valence-corrected chi connectivity index (χ0v) is 13.3. The van der Waals surface area contributed by atoms with E-state index in [1.165, 1.54) is 43.4 Å². The predicted molar refractivity (Wildman–Crippen MR) is 83.5 cm³/mol. The average molecular weight is 308 g/mol. The Bertz CT molecular complexity index is 443. The molecule has 4 nitrogen and oxygen atoms in total. The molecule has 3 rings (SSSR count). The SMILES string of the molecule is O=C(CCC1CCCCC1)N1CCC(Oc2nccs2)C1. The fourth-order valence-corrected chi connectivity index (χ4v) is 3.98. The highest BCUT2D eigenvalue weighted by Crippen LogP contribution is 2.28. The monoisotopic (exact) mass is 308 g/mol. The van der Waals surface area contributed by atoms with Gasteiger partial charge in [0.25, 0.3) is 5.19 Å². The van der Waals surface area contributed by atoms with Crippen molar-refractivity contribution in [1.82, 2.24) is 9.88 Å². The lowest BCUT2D eigenvalue weighted by Crippen LogP contribution is -2.31. The van der Waals surface area contributed by atoms with E-state index in [1.807, 2.05) is 10.3 Å². The highest BCUT2D eigenvalue weighted by Gasteiger charge is 2.28. The normalized spacial score (nSPS) is 23.4. The highest BCUT2D eigenvalue weighted by atomic mass is 32.1. The van der Waals surface area contributed by atoms with Gasteiger partial charge in [-0.25, -0.2) is 4.98 Å². The number of ether oxygens (including phenoxy) is 1. The van der Waals surface area contributed by atoms with Crippen LogP contribution in [-0.4, -0.2) is 35.0 Å². The van der Waals surface area contributed by atoms with Crippen LogP contribution in [0.5, 0.6) is 5.19 Å². The number of carbonyl (C=O) groups excluding carboxylic acids is 1. The van der Waals surface area contributed by atoms with E-state index in [9.17, 15) is 4.79 Å². The van der Waals surface area contributed by atoms with Crippen molar-refractivity contribution in [3.8, 4) is 5.19 Å². The molecule has 116 valence electrons. The van der Waals surface area contributed by atoms with Gasteiger partial charge in [0.05, 0.1) is 6.54 Å². The van der Waals surface area contributed by atoms with Gasteiger partial charge in [-0.1, -0.05) is 43.4 Å². The van der Waals surface area contributed by atoms with Crippen LogP contribution in [-0.2, 0) is 4.79 Å². The summed E-state index contributed by atoms with van der Waals surface area (Å²) in [7, 11) is 0.